The molecule has 79 heavy (non-hydrogen) atoms. The summed E-state index contributed by atoms with van der Waals surface area (Å²) in [6, 6.07) is 0. The van der Waals surface area contributed by atoms with Gasteiger partial charge in [0.05, 0.1) is 100 Å². The summed E-state index contributed by atoms with van der Waals surface area (Å²) in [6.07, 6.45) is -4.14. The van der Waals surface area contributed by atoms with Gasteiger partial charge in [0.25, 0.3) is 0 Å². The van der Waals surface area contributed by atoms with E-state index in [1.54, 1.807) is 0 Å². The van der Waals surface area contributed by atoms with Crippen molar-refractivity contribution >= 4 is 119 Å². The Kier molecular flexibility index (Phi) is 17.9. The van der Waals surface area contributed by atoms with Crippen LogP contribution in [0.15, 0.2) is 0 Å². The number of aromatic carboxylic acids is 14. The summed E-state index contributed by atoms with van der Waals surface area (Å²) in [5.41, 5.74) is -39.7. The predicted octanol–water partition coefficient (Wildman–Crippen LogP) is 0.0860. The number of carbonyl (C=O) groups is 20. The van der Waals surface area contributed by atoms with E-state index in [1.807, 2.05) is 0 Å². The third kappa shape index (κ3) is 11.7. The molecule has 0 aliphatic heterocycles. The van der Waals surface area contributed by atoms with Gasteiger partial charge in [-0.25, -0.2) is 86.3 Å². The molecule has 0 unspecified atom stereocenters. The molecule has 0 aliphatic rings. The number of rotatable bonds is 23. The lowest BCUT2D eigenvalue weighted by atomic mass is 9.85. The molecule has 0 aromatic heterocycles. The third-order valence-corrected chi connectivity index (χ3v) is 9.92. The highest BCUT2D eigenvalue weighted by molar-refractivity contribution is 6.28. The molecule has 3 aromatic carbocycles. The standard InChI is InChI=1S/C42H22O37/c43-5(77-39(73)21-15(33(61)62)9(27(49)50)7(25(45)46)10(28(51)52)16(21)34(63)64)3-1-2-4-6(44)78-40(74)23-19(37(69)70)13(31(57)58)14(32(59)60)20(38(71)72)24(23)42(76)79-41(75)22-17(35(65)66)11(29(53)54)8(26(47)48)12(30(55)56)18(22)36(67)68/h1-4H2,(H,45,46)(H,47,48)(H,49,50)(H,51,52)(H,53,54)(H,55,56)(H,57,58)(H,59,60)(H,61,62)(H,63,64)(H,65,66)(H,67,68)(H,69,70)(H,71,72). The number of carboxylic acids is 14. The van der Waals surface area contributed by atoms with Crippen LogP contribution in [-0.2, 0) is 23.8 Å². The molecule has 412 valence electrons. The highest BCUT2D eigenvalue weighted by Gasteiger charge is 2.46. The molecule has 14 N–H and O–H groups in total. The minimum Gasteiger partial charge on any atom is -0.478 e. The average Bonchev–Trinajstić information content (AvgIpc) is 3.34. The molecule has 0 fully saturated rings. The molecule has 0 saturated heterocycles. The van der Waals surface area contributed by atoms with Gasteiger partial charge < -0.3 is 85.7 Å². The maximum absolute atomic E-state index is 13.9. The minimum atomic E-state index is -3.01. The summed E-state index contributed by atoms with van der Waals surface area (Å²) in [5.74, 6) is -53.0. The van der Waals surface area contributed by atoms with Crippen LogP contribution in [0.25, 0.3) is 0 Å². The summed E-state index contributed by atoms with van der Waals surface area (Å²) >= 11 is 0. The first-order valence-electron chi connectivity index (χ1n) is 19.6. The lowest BCUT2D eigenvalue weighted by Crippen LogP contribution is -2.32. The molecule has 0 amide bonds. The van der Waals surface area contributed by atoms with Gasteiger partial charge in [0, 0.05) is 12.8 Å². The second kappa shape index (κ2) is 23.3. The zero-order valence-corrected chi connectivity index (χ0v) is 37.5. The highest BCUT2D eigenvalue weighted by atomic mass is 16.6. The van der Waals surface area contributed by atoms with E-state index in [-0.39, 0.29) is 0 Å². The molecule has 0 heterocycles. The molecular weight excluding hydrogens is 1100 g/mol. The molecule has 3 rings (SSSR count). The molecule has 0 radical (unpaired) electrons. The molecule has 37 nitrogen and oxygen atoms in total. The lowest BCUT2D eigenvalue weighted by Gasteiger charge is -2.19. The number of carbonyl (C=O) groups excluding carboxylic acids is 6. The van der Waals surface area contributed by atoms with Crippen molar-refractivity contribution in [3.63, 3.8) is 0 Å². The van der Waals surface area contributed by atoms with Crippen LogP contribution in [0.4, 0.5) is 0 Å². The van der Waals surface area contributed by atoms with E-state index in [0.717, 1.165) is 0 Å². The second-order valence-electron chi connectivity index (χ2n) is 14.4. The normalized spacial score (nSPS) is 10.4. The first-order chi connectivity index (χ1) is 36.4. The van der Waals surface area contributed by atoms with Gasteiger partial charge in [0.2, 0.25) is 0 Å². The summed E-state index contributed by atoms with van der Waals surface area (Å²) in [5, 5.41) is 137. The van der Waals surface area contributed by atoms with Gasteiger partial charge in [-0.1, -0.05) is 0 Å². The van der Waals surface area contributed by atoms with Crippen LogP contribution in [0.1, 0.15) is 212 Å². The summed E-state index contributed by atoms with van der Waals surface area (Å²) < 4.78 is 12.9. The van der Waals surface area contributed by atoms with Crippen LogP contribution in [0.3, 0.4) is 0 Å². The van der Waals surface area contributed by atoms with E-state index in [4.69, 9.17) is 0 Å². The van der Waals surface area contributed by atoms with Crippen LogP contribution >= 0.6 is 0 Å². The zero-order chi connectivity index (χ0) is 60.9. The van der Waals surface area contributed by atoms with Crippen LogP contribution in [0.2, 0.25) is 0 Å². The first kappa shape index (κ1) is 61.0. The Balaban J connectivity index is 2.20. The van der Waals surface area contributed by atoms with E-state index in [2.05, 4.69) is 14.2 Å². The fraction of sp³-hybridized carbons (Fsp3) is 0.0952. The zero-order valence-electron chi connectivity index (χ0n) is 37.5. The van der Waals surface area contributed by atoms with Gasteiger partial charge in [-0.3, -0.25) is 9.59 Å². The van der Waals surface area contributed by atoms with E-state index in [9.17, 15) is 167 Å². The van der Waals surface area contributed by atoms with Gasteiger partial charge in [-0.2, -0.15) is 0 Å². The number of hydrogen-bond acceptors (Lipinski definition) is 23. The number of unbranched alkanes of at least 4 members (excludes halogenated alkanes) is 1. The van der Waals surface area contributed by atoms with Crippen molar-refractivity contribution in [2.75, 3.05) is 0 Å². The number of hydrogen-bond donors (Lipinski definition) is 14. The van der Waals surface area contributed by atoms with Crippen molar-refractivity contribution in [1.29, 1.82) is 0 Å². The summed E-state index contributed by atoms with van der Waals surface area (Å²) in [6.45, 7) is 0. The van der Waals surface area contributed by atoms with Crippen LogP contribution in [-0.4, -0.2) is 191 Å². The molecule has 0 spiro atoms. The Morgan fingerprint density at radius 3 is 0.443 bits per heavy atom. The van der Waals surface area contributed by atoms with Crippen LogP contribution in [0.5, 0.6) is 0 Å². The Morgan fingerprint density at radius 2 is 0.304 bits per heavy atom. The first-order valence-corrected chi connectivity index (χ1v) is 19.6. The fourth-order valence-corrected chi connectivity index (χ4v) is 7.20. The number of esters is 6. The Labute approximate surface area is 426 Å². The largest absolute Gasteiger partial charge is 0.478 e. The summed E-state index contributed by atoms with van der Waals surface area (Å²) in [7, 11) is 0. The quantitative estimate of drug-likeness (QED) is 0.0259. The summed E-state index contributed by atoms with van der Waals surface area (Å²) in [4.78, 5) is 251. The molecule has 0 saturated carbocycles. The highest BCUT2D eigenvalue weighted by Crippen LogP contribution is 2.35. The topological polar surface area (TPSA) is 652 Å². The van der Waals surface area contributed by atoms with Crippen molar-refractivity contribution in [1.82, 2.24) is 0 Å². The van der Waals surface area contributed by atoms with Gasteiger partial charge in [0.1, 0.15) is 0 Å². The Bertz CT molecular complexity index is 3400. The van der Waals surface area contributed by atoms with Crippen molar-refractivity contribution in [3.8, 4) is 0 Å². The number of carboxylic acid groups (broad SMARTS) is 14. The number of benzene rings is 3. The van der Waals surface area contributed by atoms with Gasteiger partial charge >= 0.3 is 119 Å². The van der Waals surface area contributed by atoms with E-state index in [0.29, 0.717) is 0 Å². The Morgan fingerprint density at radius 1 is 0.190 bits per heavy atom. The average molecular weight is 1120 g/mol. The second-order valence-corrected chi connectivity index (χ2v) is 14.4. The van der Waals surface area contributed by atoms with Gasteiger partial charge in [-0.05, 0) is 12.8 Å². The van der Waals surface area contributed by atoms with Crippen LogP contribution < -0.4 is 0 Å². The fourth-order valence-electron chi connectivity index (χ4n) is 7.20. The SMILES string of the molecule is O=C(CCCCC(=O)OC(=O)c1c(C(=O)O)c(C(=O)O)c(C(=O)O)c(C(=O)O)c1C(=O)OC(=O)c1c(C(=O)O)c(C(=O)O)c(C(=O)O)c(C(=O)O)c1C(=O)O)OC(=O)c1c(C(=O)O)c(C(=O)O)c(C(=O)O)c(C(=O)O)c1C(=O)O. The molecule has 0 atom stereocenters. The maximum Gasteiger partial charge on any atom is 0.347 e. The van der Waals surface area contributed by atoms with E-state index >= 15 is 0 Å². The molecule has 0 bridgehead atoms. The van der Waals surface area contributed by atoms with Gasteiger partial charge in [0.15, 0.2) is 0 Å². The van der Waals surface area contributed by atoms with Crippen LogP contribution in [0, 0.1) is 0 Å². The molecular formula is C42H22O37. The van der Waals surface area contributed by atoms with Crippen molar-refractivity contribution in [2.45, 2.75) is 25.7 Å². The Hall–Kier alpha value is -12.3. The molecule has 0 aliphatic carbocycles. The number of ether oxygens (including phenoxy) is 3. The molecule has 37 heteroatoms. The minimum absolute atomic E-state index is 0.817. The molecule has 3 aromatic rings. The van der Waals surface area contributed by atoms with Crippen molar-refractivity contribution < 1.29 is 182 Å². The maximum atomic E-state index is 13.9. The van der Waals surface area contributed by atoms with E-state index < -0.39 is 245 Å². The van der Waals surface area contributed by atoms with Crippen molar-refractivity contribution in [3.05, 3.63) is 100 Å². The lowest BCUT2D eigenvalue weighted by molar-refractivity contribution is -0.140. The van der Waals surface area contributed by atoms with E-state index in [1.165, 1.54) is 0 Å². The van der Waals surface area contributed by atoms with Crippen molar-refractivity contribution in [2.24, 2.45) is 0 Å². The smallest absolute Gasteiger partial charge is 0.347 e. The monoisotopic (exact) mass is 1120 g/mol. The third-order valence-electron chi connectivity index (χ3n) is 9.92. The predicted molar refractivity (Wildman–Crippen MR) is 226 cm³/mol. The van der Waals surface area contributed by atoms with Gasteiger partial charge in [-0.15, -0.1) is 0 Å².